The number of halogens is 2. The average molecular weight is 324 g/mol. The minimum absolute atomic E-state index is 0.178. The minimum atomic E-state index is -0.667. The molecule has 6 heteroatoms. The van der Waals surface area contributed by atoms with Crippen molar-refractivity contribution in [3.05, 3.63) is 35.4 Å². The predicted molar refractivity (Wildman–Crippen MR) is 82.2 cm³/mol. The first kappa shape index (κ1) is 16.3. The van der Waals surface area contributed by atoms with Gasteiger partial charge in [0.2, 0.25) is 0 Å². The molecule has 23 heavy (non-hydrogen) atoms. The topological polar surface area (TPSA) is 32.8 Å². The molecular weight excluding hydrogens is 302 g/mol. The van der Waals surface area contributed by atoms with E-state index in [1.807, 2.05) is 0 Å². The molecule has 1 aromatic rings. The van der Waals surface area contributed by atoms with Crippen molar-refractivity contribution in [1.82, 2.24) is 9.80 Å². The summed E-state index contributed by atoms with van der Waals surface area (Å²) in [6.07, 6.45) is 0.956. The number of carbonyl (C=O) groups is 1. The Morgan fingerprint density at radius 2 is 2.00 bits per heavy atom. The molecule has 0 spiro atoms. The SMILES string of the molecule is CCC1CN(C(=O)c2cc(F)ccc2F)CC1N1CCOCC1. The van der Waals surface area contributed by atoms with Gasteiger partial charge in [-0.25, -0.2) is 8.78 Å². The van der Waals surface area contributed by atoms with Crippen molar-refractivity contribution < 1.29 is 18.3 Å². The highest BCUT2D eigenvalue weighted by Crippen LogP contribution is 2.27. The summed E-state index contributed by atoms with van der Waals surface area (Å²) in [7, 11) is 0. The highest BCUT2D eigenvalue weighted by Gasteiger charge is 2.38. The van der Waals surface area contributed by atoms with Crippen LogP contribution >= 0.6 is 0 Å². The Bertz CT molecular complexity index is 576. The standard InChI is InChI=1S/C17H22F2N2O2/c1-2-12-10-21(11-16(12)20-5-7-23-8-6-20)17(22)14-9-13(18)3-4-15(14)19/h3-4,9,12,16H,2,5-8,10-11H2,1H3. The maximum absolute atomic E-state index is 13.9. The van der Waals surface area contributed by atoms with E-state index in [9.17, 15) is 13.6 Å². The summed E-state index contributed by atoms with van der Waals surface area (Å²) in [5.74, 6) is -1.32. The lowest BCUT2D eigenvalue weighted by Crippen LogP contribution is -2.47. The number of nitrogens with zero attached hydrogens (tertiary/aromatic N) is 2. The van der Waals surface area contributed by atoms with Gasteiger partial charge < -0.3 is 9.64 Å². The van der Waals surface area contributed by atoms with Crippen LogP contribution in [0.3, 0.4) is 0 Å². The zero-order valence-electron chi connectivity index (χ0n) is 13.3. The Hall–Kier alpha value is -1.53. The smallest absolute Gasteiger partial charge is 0.256 e. The average Bonchev–Trinajstić information content (AvgIpc) is 3.01. The van der Waals surface area contributed by atoms with Gasteiger partial charge in [-0.3, -0.25) is 9.69 Å². The van der Waals surface area contributed by atoms with Gasteiger partial charge in [-0.2, -0.15) is 0 Å². The van der Waals surface area contributed by atoms with Gasteiger partial charge in [-0.05, 0) is 24.1 Å². The molecule has 3 rings (SSSR count). The third kappa shape index (κ3) is 3.38. The van der Waals surface area contributed by atoms with Crippen LogP contribution in [0.25, 0.3) is 0 Å². The number of morpholine rings is 1. The Morgan fingerprint density at radius 1 is 1.26 bits per heavy atom. The van der Waals surface area contributed by atoms with Crippen molar-refractivity contribution in [2.24, 2.45) is 5.92 Å². The molecule has 2 unspecified atom stereocenters. The fourth-order valence-corrected chi connectivity index (χ4v) is 3.58. The quantitative estimate of drug-likeness (QED) is 0.854. The van der Waals surface area contributed by atoms with Gasteiger partial charge >= 0.3 is 0 Å². The van der Waals surface area contributed by atoms with Crippen LogP contribution < -0.4 is 0 Å². The zero-order valence-corrected chi connectivity index (χ0v) is 13.3. The number of amides is 1. The molecule has 1 aromatic carbocycles. The molecule has 0 saturated carbocycles. The van der Waals surface area contributed by atoms with E-state index in [0.717, 1.165) is 37.7 Å². The van der Waals surface area contributed by atoms with E-state index in [1.165, 1.54) is 0 Å². The normalized spacial score (nSPS) is 25.8. The van der Waals surface area contributed by atoms with E-state index in [1.54, 1.807) is 4.90 Å². The monoisotopic (exact) mass is 324 g/mol. The summed E-state index contributed by atoms with van der Waals surface area (Å²) in [5.41, 5.74) is -0.178. The maximum atomic E-state index is 13.9. The van der Waals surface area contributed by atoms with Gasteiger partial charge in [0.15, 0.2) is 0 Å². The van der Waals surface area contributed by atoms with Gasteiger partial charge in [0.1, 0.15) is 11.6 Å². The summed E-state index contributed by atoms with van der Waals surface area (Å²) >= 11 is 0. The molecule has 2 saturated heterocycles. The third-order valence-electron chi connectivity index (χ3n) is 4.89. The van der Waals surface area contributed by atoms with Crippen LogP contribution in [0.1, 0.15) is 23.7 Å². The van der Waals surface area contributed by atoms with Gasteiger partial charge in [0.05, 0.1) is 18.8 Å². The number of hydrogen-bond donors (Lipinski definition) is 0. The first-order valence-corrected chi connectivity index (χ1v) is 8.16. The van der Waals surface area contributed by atoms with Crippen LogP contribution in [0.4, 0.5) is 8.78 Å². The maximum Gasteiger partial charge on any atom is 0.256 e. The van der Waals surface area contributed by atoms with Crippen molar-refractivity contribution in [2.45, 2.75) is 19.4 Å². The van der Waals surface area contributed by atoms with Crippen LogP contribution in [-0.2, 0) is 4.74 Å². The Balaban J connectivity index is 1.75. The summed E-state index contributed by atoms with van der Waals surface area (Å²) in [5, 5.41) is 0. The zero-order chi connectivity index (χ0) is 16.4. The molecule has 4 nitrogen and oxygen atoms in total. The molecule has 0 N–H and O–H groups in total. The van der Waals surface area contributed by atoms with E-state index in [4.69, 9.17) is 4.74 Å². The van der Waals surface area contributed by atoms with Gasteiger partial charge in [0.25, 0.3) is 5.91 Å². The second kappa shape index (κ2) is 6.93. The molecule has 2 atom stereocenters. The fourth-order valence-electron chi connectivity index (χ4n) is 3.58. The second-order valence-corrected chi connectivity index (χ2v) is 6.22. The Labute approximate surface area is 135 Å². The molecule has 0 aliphatic carbocycles. The van der Waals surface area contributed by atoms with E-state index in [0.29, 0.717) is 32.2 Å². The van der Waals surface area contributed by atoms with Crippen LogP contribution in [0.5, 0.6) is 0 Å². The lowest BCUT2D eigenvalue weighted by molar-refractivity contribution is 0.0102. The van der Waals surface area contributed by atoms with E-state index in [-0.39, 0.29) is 11.6 Å². The molecule has 2 aliphatic heterocycles. The molecule has 1 amide bonds. The van der Waals surface area contributed by atoms with E-state index in [2.05, 4.69) is 11.8 Å². The summed E-state index contributed by atoms with van der Waals surface area (Å²) in [4.78, 5) is 16.6. The predicted octanol–water partition coefficient (Wildman–Crippen LogP) is 2.15. The number of rotatable bonds is 3. The molecule has 126 valence electrons. The van der Waals surface area contributed by atoms with Gasteiger partial charge in [0, 0.05) is 32.2 Å². The van der Waals surface area contributed by atoms with Crippen LogP contribution in [-0.4, -0.2) is 61.1 Å². The van der Waals surface area contributed by atoms with Crippen LogP contribution in [0.2, 0.25) is 0 Å². The van der Waals surface area contributed by atoms with E-state index < -0.39 is 17.5 Å². The third-order valence-corrected chi connectivity index (χ3v) is 4.89. The summed E-state index contributed by atoms with van der Waals surface area (Å²) in [6, 6.07) is 3.29. The van der Waals surface area contributed by atoms with Crippen LogP contribution in [0.15, 0.2) is 18.2 Å². The largest absolute Gasteiger partial charge is 0.379 e. The molecular formula is C17H22F2N2O2. The second-order valence-electron chi connectivity index (χ2n) is 6.22. The summed E-state index contributed by atoms with van der Waals surface area (Å²) < 4.78 is 32.6. The number of likely N-dealkylation sites (tertiary alicyclic amines) is 1. The van der Waals surface area contributed by atoms with Crippen molar-refractivity contribution in [2.75, 3.05) is 39.4 Å². The van der Waals surface area contributed by atoms with Crippen LogP contribution in [0, 0.1) is 17.6 Å². The molecule has 0 aromatic heterocycles. The molecule has 2 heterocycles. The summed E-state index contributed by atoms with van der Waals surface area (Å²) in [6.45, 7) is 6.39. The van der Waals surface area contributed by atoms with Gasteiger partial charge in [-0.15, -0.1) is 0 Å². The van der Waals surface area contributed by atoms with Gasteiger partial charge in [-0.1, -0.05) is 13.3 Å². The number of ether oxygens (including phenoxy) is 1. The Morgan fingerprint density at radius 3 is 2.70 bits per heavy atom. The highest BCUT2D eigenvalue weighted by atomic mass is 19.1. The first-order valence-electron chi connectivity index (χ1n) is 8.16. The first-order chi connectivity index (χ1) is 11.1. The lowest BCUT2D eigenvalue weighted by Gasteiger charge is -2.34. The molecule has 2 aliphatic rings. The minimum Gasteiger partial charge on any atom is -0.379 e. The molecule has 0 bridgehead atoms. The van der Waals surface area contributed by atoms with Crippen molar-refractivity contribution in [3.8, 4) is 0 Å². The van der Waals surface area contributed by atoms with Crippen molar-refractivity contribution in [1.29, 1.82) is 0 Å². The van der Waals surface area contributed by atoms with Crippen molar-refractivity contribution in [3.63, 3.8) is 0 Å². The molecule has 2 fully saturated rings. The lowest BCUT2D eigenvalue weighted by atomic mass is 9.99. The Kier molecular flexibility index (Phi) is 4.92. The number of hydrogen-bond acceptors (Lipinski definition) is 3. The van der Waals surface area contributed by atoms with E-state index >= 15 is 0 Å². The highest BCUT2D eigenvalue weighted by molar-refractivity contribution is 5.94. The fraction of sp³-hybridized carbons (Fsp3) is 0.588. The van der Waals surface area contributed by atoms with Crippen molar-refractivity contribution >= 4 is 5.91 Å². The number of benzene rings is 1. The molecule has 0 radical (unpaired) electrons. The number of carbonyl (C=O) groups excluding carboxylic acids is 1.